The van der Waals surface area contributed by atoms with Crippen LogP contribution in [0.5, 0.6) is 0 Å². The van der Waals surface area contributed by atoms with Crippen molar-refractivity contribution in [2.24, 2.45) is 0 Å². The molecule has 0 heterocycles. The minimum Gasteiger partial charge on any atom is -0.444 e. The molecule has 0 aliphatic rings. The summed E-state index contributed by atoms with van der Waals surface area (Å²) >= 11 is 6.15. The van der Waals surface area contributed by atoms with Crippen molar-refractivity contribution in [1.29, 1.82) is 0 Å². The molecule has 1 rings (SSSR count). The molecule has 112 valence electrons. The van der Waals surface area contributed by atoms with Crippen LogP contribution in [0.15, 0.2) is 18.2 Å². The van der Waals surface area contributed by atoms with Gasteiger partial charge in [-0.25, -0.2) is 4.79 Å². The van der Waals surface area contributed by atoms with Gasteiger partial charge in [-0.05, 0) is 52.3 Å². The van der Waals surface area contributed by atoms with Crippen LogP contribution in [-0.4, -0.2) is 24.3 Å². The van der Waals surface area contributed by atoms with Crippen LogP contribution >= 0.6 is 11.6 Å². The molecule has 0 spiro atoms. The molecular formula is C15H23ClN2O2. The molecule has 4 nitrogen and oxygen atoms in total. The van der Waals surface area contributed by atoms with Gasteiger partial charge in [0.15, 0.2) is 0 Å². The highest BCUT2D eigenvalue weighted by Crippen LogP contribution is 2.23. The van der Waals surface area contributed by atoms with E-state index in [9.17, 15) is 4.79 Å². The van der Waals surface area contributed by atoms with E-state index in [2.05, 4.69) is 10.6 Å². The summed E-state index contributed by atoms with van der Waals surface area (Å²) in [4.78, 5) is 11.5. The smallest absolute Gasteiger partial charge is 0.407 e. The van der Waals surface area contributed by atoms with Crippen LogP contribution in [0.25, 0.3) is 0 Å². The fraction of sp³-hybridized carbons (Fsp3) is 0.533. The number of ether oxygens (including phenoxy) is 1. The van der Waals surface area contributed by atoms with E-state index < -0.39 is 11.7 Å². The highest BCUT2D eigenvalue weighted by Gasteiger charge is 2.16. The number of hydrogen-bond acceptors (Lipinski definition) is 3. The first-order chi connectivity index (χ1) is 9.17. The van der Waals surface area contributed by atoms with Crippen LogP contribution in [-0.2, 0) is 4.74 Å². The molecule has 0 bridgehead atoms. The van der Waals surface area contributed by atoms with Gasteiger partial charge in [-0.1, -0.05) is 17.7 Å². The van der Waals surface area contributed by atoms with Crippen LogP contribution in [0, 0.1) is 6.92 Å². The number of anilines is 1. The van der Waals surface area contributed by atoms with Gasteiger partial charge < -0.3 is 15.4 Å². The predicted octanol–water partition coefficient (Wildman–Crippen LogP) is 3.97. The lowest BCUT2D eigenvalue weighted by Crippen LogP contribution is -2.38. The number of aryl methyl sites for hydroxylation is 1. The Hall–Kier alpha value is -1.42. The van der Waals surface area contributed by atoms with E-state index in [1.54, 1.807) is 0 Å². The maximum atomic E-state index is 11.5. The van der Waals surface area contributed by atoms with Gasteiger partial charge in [-0.3, -0.25) is 0 Å². The molecule has 0 aromatic heterocycles. The lowest BCUT2D eigenvalue weighted by molar-refractivity contribution is 0.0526. The number of benzene rings is 1. The number of nitrogens with one attached hydrogen (secondary N) is 2. The zero-order valence-corrected chi connectivity index (χ0v) is 13.5. The molecule has 0 saturated heterocycles. The predicted molar refractivity (Wildman–Crippen MR) is 83.5 cm³/mol. The van der Waals surface area contributed by atoms with Gasteiger partial charge in [-0.2, -0.15) is 0 Å². The van der Waals surface area contributed by atoms with E-state index in [0.717, 1.165) is 11.3 Å². The molecule has 1 aromatic carbocycles. The summed E-state index contributed by atoms with van der Waals surface area (Å²) in [5.74, 6) is 0. The van der Waals surface area contributed by atoms with Crippen molar-refractivity contribution in [3.63, 3.8) is 0 Å². The fourth-order valence-electron chi connectivity index (χ4n) is 1.60. The van der Waals surface area contributed by atoms with Gasteiger partial charge in [-0.15, -0.1) is 0 Å². The highest BCUT2D eigenvalue weighted by molar-refractivity contribution is 6.33. The molecule has 0 saturated carbocycles. The van der Waals surface area contributed by atoms with Crippen molar-refractivity contribution in [2.75, 3.05) is 11.9 Å². The van der Waals surface area contributed by atoms with Gasteiger partial charge in [0, 0.05) is 12.6 Å². The average molecular weight is 299 g/mol. The van der Waals surface area contributed by atoms with Crippen molar-refractivity contribution in [3.05, 3.63) is 28.8 Å². The quantitative estimate of drug-likeness (QED) is 0.884. The summed E-state index contributed by atoms with van der Waals surface area (Å²) in [6.45, 7) is 9.91. The Balaban J connectivity index is 2.44. The Labute approximate surface area is 125 Å². The number of amides is 1. The van der Waals surface area contributed by atoms with Gasteiger partial charge in [0.1, 0.15) is 5.60 Å². The van der Waals surface area contributed by atoms with E-state index in [1.165, 1.54) is 0 Å². The Morgan fingerprint density at radius 1 is 1.40 bits per heavy atom. The van der Waals surface area contributed by atoms with E-state index in [-0.39, 0.29) is 6.04 Å². The van der Waals surface area contributed by atoms with E-state index in [0.29, 0.717) is 11.6 Å². The summed E-state index contributed by atoms with van der Waals surface area (Å²) < 4.78 is 5.17. The third kappa shape index (κ3) is 6.15. The molecule has 0 fully saturated rings. The number of rotatable bonds is 4. The van der Waals surface area contributed by atoms with Gasteiger partial charge in [0.2, 0.25) is 0 Å². The van der Waals surface area contributed by atoms with Crippen molar-refractivity contribution < 1.29 is 9.53 Å². The maximum absolute atomic E-state index is 11.5. The third-order valence-corrected chi connectivity index (χ3v) is 2.79. The monoisotopic (exact) mass is 298 g/mol. The highest BCUT2D eigenvalue weighted by atomic mass is 35.5. The first-order valence-corrected chi connectivity index (χ1v) is 7.05. The lowest BCUT2D eigenvalue weighted by Gasteiger charge is -2.21. The Morgan fingerprint density at radius 3 is 2.60 bits per heavy atom. The number of carbonyl (C=O) groups is 1. The maximum Gasteiger partial charge on any atom is 0.407 e. The average Bonchev–Trinajstić information content (AvgIpc) is 2.28. The number of carbonyl (C=O) groups excluding carboxylic acids is 1. The summed E-state index contributed by atoms with van der Waals surface area (Å²) in [6, 6.07) is 5.87. The number of alkyl carbamates (subject to hydrolysis) is 1. The van der Waals surface area contributed by atoms with Gasteiger partial charge in [0.05, 0.1) is 10.7 Å². The van der Waals surface area contributed by atoms with Crippen LogP contribution in [0.2, 0.25) is 5.02 Å². The molecular weight excluding hydrogens is 276 g/mol. The second kappa shape index (κ2) is 6.84. The zero-order valence-electron chi connectivity index (χ0n) is 12.7. The summed E-state index contributed by atoms with van der Waals surface area (Å²) in [7, 11) is 0. The first-order valence-electron chi connectivity index (χ1n) is 6.67. The van der Waals surface area contributed by atoms with E-state index in [1.807, 2.05) is 52.8 Å². The molecule has 1 unspecified atom stereocenters. The summed E-state index contributed by atoms with van der Waals surface area (Å²) in [5, 5.41) is 6.65. The number of hydrogen-bond donors (Lipinski definition) is 2. The zero-order chi connectivity index (χ0) is 15.3. The molecule has 0 aliphatic carbocycles. The molecule has 0 radical (unpaired) electrons. The summed E-state index contributed by atoms with van der Waals surface area (Å²) in [6.07, 6.45) is -0.416. The van der Waals surface area contributed by atoms with Crippen molar-refractivity contribution in [2.45, 2.75) is 46.3 Å². The largest absolute Gasteiger partial charge is 0.444 e. The van der Waals surface area contributed by atoms with Gasteiger partial charge >= 0.3 is 6.09 Å². The van der Waals surface area contributed by atoms with Crippen LogP contribution in [0.4, 0.5) is 10.5 Å². The SMILES string of the molecule is Cc1ccc(NC(C)CNC(=O)OC(C)(C)C)c(Cl)c1. The molecule has 20 heavy (non-hydrogen) atoms. The van der Waals surface area contributed by atoms with Crippen molar-refractivity contribution in [1.82, 2.24) is 5.32 Å². The Bertz CT molecular complexity index is 469. The van der Waals surface area contributed by atoms with Crippen LogP contribution in [0.3, 0.4) is 0 Å². The number of halogens is 1. The second-order valence-corrected chi connectivity index (χ2v) is 6.32. The fourth-order valence-corrected chi connectivity index (χ4v) is 1.89. The lowest BCUT2D eigenvalue weighted by atomic mass is 10.2. The molecule has 1 atom stereocenters. The second-order valence-electron chi connectivity index (χ2n) is 5.91. The van der Waals surface area contributed by atoms with E-state index in [4.69, 9.17) is 16.3 Å². The Morgan fingerprint density at radius 2 is 2.05 bits per heavy atom. The van der Waals surface area contributed by atoms with Gasteiger partial charge in [0.25, 0.3) is 0 Å². The van der Waals surface area contributed by atoms with E-state index >= 15 is 0 Å². The first kappa shape index (κ1) is 16.6. The topological polar surface area (TPSA) is 50.4 Å². The standard InChI is InChI=1S/C15H23ClN2O2/c1-10-6-7-13(12(16)8-10)18-11(2)9-17-14(19)20-15(3,4)5/h6-8,11,18H,9H2,1-5H3,(H,17,19). The molecule has 1 amide bonds. The van der Waals surface area contributed by atoms with Crippen LogP contribution < -0.4 is 10.6 Å². The van der Waals surface area contributed by atoms with Crippen molar-refractivity contribution >= 4 is 23.4 Å². The van der Waals surface area contributed by atoms with Crippen LogP contribution in [0.1, 0.15) is 33.3 Å². The molecule has 0 aliphatic heterocycles. The van der Waals surface area contributed by atoms with Crippen molar-refractivity contribution in [3.8, 4) is 0 Å². The minimum atomic E-state index is -0.485. The molecule has 2 N–H and O–H groups in total. The normalized spacial score (nSPS) is 12.7. The molecule has 1 aromatic rings. The minimum absolute atomic E-state index is 0.0442. The molecule has 5 heteroatoms. The Kier molecular flexibility index (Phi) is 5.69. The summed E-state index contributed by atoms with van der Waals surface area (Å²) in [5.41, 5.74) is 1.48. The third-order valence-electron chi connectivity index (χ3n) is 2.48.